The molecule has 7 nitrogen and oxygen atoms in total. The molecule has 102 valence electrons. The van der Waals surface area contributed by atoms with E-state index in [2.05, 4.69) is 0 Å². The van der Waals surface area contributed by atoms with Gasteiger partial charge >= 0.3 is 0 Å². The van der Waals surface area contributed by atoms with Gasteiger partial charge in [0.15, 0.2) is 0 Å². The van der Waals surface area contributed by atoms with E-state index < -0.39 is 31.4 Å². The van der Waals surface area contributed by atoms with Crippen LogP contribution in [0.25, 0.3) is 0 Å². The quantitative estimate of drug-likeness (QED) is 0.438. The summed E-state index contributed by atoms with van der Waals surface area (Å²) in [4.78, 5) is 0. The van der Waals surface area contributed by atoms with Gasteiger partial charge in [-0.15, -0.1) is 0 Å². The Hall–Kier alpha value is -0.670. The van der Waals surface area contributed by atoms with Gasteiger partial charge in [-0.2, -0.15) is 0 Å². The maximum absolute atomic E-state index is 11.8. The molecule has 0 radical (unpaired) electrons. The Labute approximate surface area is 102 Å². The standard InChI is InChI=1S/C8H19N3O4S2/c1-3-11(5-4-8(9)10)17(14,15)7-6-16(2,12)13/h3-7H2,1-2H3,(H3,9,10). The summed E-state index contributed by atoms with van der Waals surface area (Å²) in [5, 5.41) is 7.03. The second kappa shape index (κ2) is 6.31. The summed E-state index contributed by atoms with van der Waals surface area (Å²) in [5.74, 6) is -0.925. The van der Waals surface area contributed by atoms with Gasteiger partial charge in [-0.1, -0.05) is 6.92 Å². The normalized spacial score (nSPS) is 12.9. The van der Waals surface area contributed by atoms with Gasteiger partial charge < -0.3 is 5.73 Å². The van der Waals surface area contributed by atoms with Crippen molar-refractivity contribution in [2.45, 2.75) is 13.3 Å². The van der Waals surface area contributed by atoms with Crippen LogP contribution in [0.1, 0.15) is 13.3 Å². The molecule has 0 fully saturated rings. The largest absolute Gasteiger partial charge is 0.388 e. The van der Waals surface area contributed by atoms with E-state index in [1.54, 1.807) is 6.92 Å². The molecular formula is C8H19N3O4S2. The fraction of sp³-hybridized carbons (Fsp3) is 0.875. The zero-order chi connectivity index (χ0) is 13.7. The van der Waals surface area contributed by atoms with Gasteiger partial charge in [0.25, 0.3) is 0 Å². The number of sulfone groups is 1. The van der Waals surface area contributed by atoms with Crippen molar-refractivity contribution in [2.75, 3.05) is 30.9 Å². The number of hydrogen-bond donors (Lipinski definition) is 2. The van der Waals surface area contributed by atoms with Crippen LogP contribution in [0.4, 0.5) is 0 Å². The van der Waals surface area contributed by atoms with E-state index in [1.807, 2.05) is 0 Å². The molecule has 0 aliphatic heterocycles. The van der Waals surface area contributed by atoms with Gasteiger partial charge in [-0.05, 0) is 0 Å². The van der Waals surface area contributed by atoms with Gasteiger partial charge in [-0.3, -0.25) is 5.41 Å². The predicted octanol–water partition coefficient (Wildman–Crippen LogP) is -0.991. The van der Waals surface area contributed by atoms with Crippen LogP contribution in [0.2, 0.25) is 0 Å². The van der Waals surface area contributed by atoms with Crippen molar-refractivity contribution >= 4 is 25.7 Å². The Morgan fingerprint density at radius 2 is 1.76 bits per heavy atom. The minimum atomic E-state index is -3.60. The summed E-state index contributed by atoms with van der Waals surface area (Å²) < 4.78 is 46.5. The molecule has 0 aliphatic rings. The highest BCUT2D eigenvalue weighted by molar-refractivity contribution is 7.93. The molecular weight excluding hydrogens is 266 g/mol. The number of amidine groups is 1. The van der Waals surface area contributed by atoms with Gasteiger partial charge in [0.1, 0.15) is 9.84 Å². The molecule has 0 rings (SSSR count). The molecule has 0 aromatic rings. The Morgan fingerprint density at radius 1 is 1.24 bits per heavy atom. The van der Waals surface area contributed by atoms with E-state index >= 15 is 0 Å². The van der Waals surface area contributed by atoms with Crippen molar-refractivity contribution in [3.8, 4) is 0 Å². The fourth-order valence-electron chi connectivity index (χ4n) is 1.12. The zero-order valence-corrected chi connectivity index (χ0v) is 11.6. The number of nitrogens with zero attached hydrogens (tertiary/aromatic N) is 1. The average Bonchev–Trinajstić information content (AvgIpc) is 2.14. The van der Waals surface area contributed by atoms with E-state index in [0.29, 0.717) is 0 Å². The Morgan fingerprint density at radius 3 is 2.12 bits per heavy atom. The van der Waals surface area contributed by atoms with Gasteiger partial charge in [0, 0.05) is 25.8 Å². The third-order valence-corrected chi connectivity index (χ3v) is 5.24. The molecule has 0 bridgehead atoms. The van der Waals surface area contributed by atoms with Crippen LogP contribution in [0, 0.1) is 5.41 Å². The van der Waals surface area contributed by atoms with E-state index in [9.17, 15) is 16.8 Å². The Kier molecular flexibility index (Phi) is 6.06. The second-order valence-electron chi connectivity index (χ2n) is 3.71. The number of nitrogens with one attached hydrogen (secondary N) is 1. The number of sulfonamides is 1. The Balaban J connectivity index is 4.59. The smallest absolute Gasteiger partial charge is 0.215 e. The highest BCUT2D eigenvalue weighted by atomic mass is 32.2. The summed E-state index contributed by atoms with van der Waals surface area (Å²) in [6.45, 7) is 2.00. The van der Waals surface area contributed by atoms with Crippen LogP contribution in [0.5, 0.6) is 0 Å². The zero-order valence-electron chi connectivity index (χ0n) is 10.0. The number of hydrogen-bond acceptors (Lipinski definition) is 5. The van der Waals surface area contributed by atoms with Crippen molar-refractivity contribution < 1.29 is 16.8 Å². The molecule has 0 saturated heterocycles. The van der Waals surface area contributed by atoms with Gasteiger partial charge in [-0.25, -0.2) is 21.1 Å². The van der Waals surface area contributed by atoms with Crippen molar-refractivity contribution in [3.63, 3.8) is 0 Å². The predicted molar refractivity (Wildman–Crippen MR) is 67.3 cm³/mol. The van der Waals surface area contributed by atoms with Crippen molar-refractivity contribution in [2.24, 2.45) is 5.73 Å². The molecule has 0 amide bonds. The third kappa shape index (κ3) is 7.29. The summed E-state index contributed by atoms with van der Waals surface area (Å²) >= 11 is 0. The highest BCUT2D eigenvalue weighted by Gasteiger charge is 2.22. The molecule has 9 heteroatoms. The van der Waals surface area contributed by atoms with Crippen LogP contribution >= 0.6 is 0 Å². The first-order chi connectivity index (χ1) is 7.58. The molecule has 0 unspecified atom stereocenters. The first-order valence-electron chi connectivity index (χ1n) is 5.07. The van der Waals surface area contributed by atoms with E-state index in [1.165, 1.54) is 0 Å². The van der Waals surface area contributed by atoms with Crippen LogP contribution in [0.3, 0.4) is 0 Å². The fourth-order valence-corrected chi connectivity index (χ4v) is 4.20. The highest BCUT2D eigenvalue weighted by Crippen LogP contribution is 2.03. The second-order valence-corrected chi connectivity index (χ2v) is 8.06. The molecule has 3 N–H and O–H groups in total. The molecule has 0 heterocycles. The SMILES string of the molecule is CCN(CCC(=N)N)S(=O)(=O)CCS(C)(=O)=O. The minimum absolute atomic E-state index is 0.0956. The first kappa shape index (κ1) is 16.3. The molecule has 0 aromatic carbocycles. The van der Waals surface area contributed by atoms with Crippen molar-refractivity contribution in [1.82, 2.24) is 4.31 Å². The summed E-state index contributed by atoms with van der Waals surface area (Å²) in [7, 11) is -6.90. The van der Waals surface area contributed by atoms with Crippen molar-refractivity contribution in [3.05, 3.63) is 0 Å². The lowest BCUT2D eigenvalue weighted by Crippen LogP contribution is -2.37. The lowest BCUT2D eigenvalue weighted by molar-refractivity contribution is 0.437. The first-order valence-corrected chi connectivity index (χ1v) is 8.74. The minimum Gasteiger partial charge on any atom is -0.388 e. The summed E-state index contributed by atoms with van der Waals surface area (Å²) in [5.41, 5.74) is 5.15. The van der Waals surface area contributed by atoms with E-state index in [-0.39, 0.29) is 25.3 Å². The molecule has 0 aliphatic carbocycles. The molecule has 0 spiro atoms. The van der Waals surface area contributed by atoms with Crippen LogP contribution < -0.4 is 5.73 Å². The molecule has 0 saturated carbocycles. The van der Waals surface area contributed by atoms with Gasteiger partial charge in [0.05, 0.1) is 17.3 Å². The van der Waals surface area contributed by atoms with Crippen LogP contribution in [0.15, 0.2) is 0 Å². The topological polar surface area (TPSA) is 121 Å². The van der Waals surface area contributed by atoms with Crippen LogP contribution in [-0.4, -0.2) is 57.8 Å². The monoisotopic (exact) mass is 285 g/mol. The van der Waals surface area contributed by atoms with Crippen molar-refractivity contribution in [1.29, 1.82) is 5.41 Å². The summed E-state index contributed by atoms with van der Waals surface area (Å²) in [6, 6.07) is 0. The lowest BCUT2D eigenvalue weighted by atomic mass is 10.4. The maximum atomic E-state index is 11.8. The number of rotatable bonds is 8. The molecule has 0 atom stereocenters. The molecule has 0 aromatic heterocycles. The maximum Gasteiger partial charge on any atom is 0.215 e. The molecule has 17 heavy (non-hydrogen) atoms. The Bertz CT molecular complexity index is 455. The van der Waals surface area contributed by atoms with E-state index in [4.69, 9.17) is 11.1 Å². The number of nitrogens with two attached hydrogens (primary N) is 1. The average molecular weight is 285 g/mol. The third-order valence-electron chi connectivity index (χ3n) is 2.09. The summed E-state index contributed by atoms with van der Waals surface area (Å²) in [6.07, 6.45) is 1.14. The van der Waals surface area contributed by atoms with Gasteiger partial charge in [0.2, 0.25) is 10.0 Å². The van der Waals surface area contributed by atoms with Crippen LogP contribution in [-0.2, 0) is 19.9 Å². The van der Waals surface area contributed by atoms with E-state index in [0.717, 1.165) is 10.6 Å². The lowest BCUT2D eigenvalue weighted by Gasteiger charge is -2.19.